The topological polar surface area (TPSA) is 66.8 Å². The summed E-state index contributed by atoms with van der Waals surface area (Å²) in [5.74, 6) is -0.386. The van der Waals surface area contributed by atoms with E-state index in [4.69, 9.17) is 5.11 Å². The maximum Gasteiger partial charge on any atom is 0.333 e. The van der Waals surface area contributed by atoms with Gasteiger partial charge in [-0.25, -0.2) is 4.79 Å². The van der Waals surface area contributed by atoms with Gasteiger partial charge >= 0.3 is 5.97 Å². The highest BCUT2D eigenvalue weighted by atomic mass is 16.5. The molecule has 0 aromatic heterocycles. The van der Waals surface area contributed by atoms with Gasteiger partial charge in [-0.1, -0.05) is 38.5 Å². The van der Waals surface area contributed by atoms with Crippen LogP contribution in [0.3, 0.4) is 0 Å². The molecule has 0 rings (SSSR count). The average molecular weight is 272 g/mol. The van der Waals surface area contributed by atoms with Crippen LogP contribution >= 0.6 is 0 Å². The van der Waals surface area contributed by atoms with Gasteiger partial charge in [0.1, 0.15) is 0 Å². The summed E-state index contributed by atoms with van der Waals surface area (Å²) in [6, 6.07) is 0. The van der Waals surface area contributed by atoms with Gasteiger partial charge in [-0.3, -0.25) is 0 Å². The van der Waals surface area contributed by atoms with Gasteiger partial charge in [0, 0.05) is 12.2 Å². The van der Waals surface area contributed by atoms with Gasteiger partial charge in [-0.2, -0.15) is 0 Å². The van der Waals surface area contributed by atoms with Gasteiger partial charge in [0.05, 0.1) is 13.2 Å². The molecule has 1 atom stereocenters. The van der Waals surface area contributed by atoms with Crippen LogP contribution < -0.4 is 0 Å². The predicted molar refractivity (Wildman–Crippen MR) is 75.8 cm³/mol. The molecule has 0 aromatic rings. The predicted octanol–water partition coefficient (Wildman–Crippen LogP) is 2.58. The molecule has 0 fully saturated rings. The number of esters is 1. The number of carbonyl (C=O) groups excluding carboxylic acids is 1. The van der Waals surface area contributed by atoms with Crippen LogP contribution in [0.15, 0.2) is 11.6 Å². The molecule has 0 spiro atoms. The minimum atomic E-state index is -0.562. The number of aliphatic hydroxyl groups is 2. The molecule has 0 radical (unpaired) electrons. The van der Waals surface area contributed by atoms with Crippen molar-refractivity contribution in [3.63, 3.8) is 0 Å². The molecule has 0 aliphatic carbocycles. The molecule has 0 amide bonds. The first kappa shape index (κ1) is 18.1. The Labute approximate surface area is 116 Å². The lowest BCUT2D eigenvalue weighted by atomic mass is 10.1. The second kappa shape index (κ2) is 12.2. The number of methoxy groups -OCH3 is 1. The fourth-order valence-electron chi connectivity index (χ4n) is 1.95. The minimum absolute atomic E-state index is 0.290. The first-order valence-corrected chi connectivity index (χ1v) is 7.17. The Morgan fingerprint density at radius 2 is 1.63 bits per heavy atom. The fourth-order valence-corrected chi connectivity index (χ4v) is 1.95. The standard InChI is InChI=1S/C15H28O4/c1-13(15(18)19-2)12-14(17)10-8-6-4-3-5-7-9-11-16/h12,14,16-17H,3-11H2,1-2H3. The van der Waals surface area contributed by atoms with Crippen molar-refractivity contribution in [3.8, 4) is 0 Å². The molecular weight excluding hydrogens is 244 g/mol. The van der Waals surface area contributed by atoms with E-state index in [-0.39, 0.29) is 12.6 Å². The molecule has 0 aliphatic heterocycles. The molecule has 0 saturated heterocycles. The Morgan fingerprint density at radius 1 is 1.11 bits per heavy atom. The highest BCUT2D eigenvalue weighted by molar-refractivity contribution is 5.87. The van der Waals surface area contributed by atoms with E-state index in [1.807, 2.05) is 0 Å². The summed E-state index contributed by atoms with van der Waals surface area (Å²) in [5.41, 5.74) is 0.457. The van der Waals surface area contributed by atoms with Crippen LogP contribution in [0.25, 0.3) is 0 Å². The number of aliphatic hydroxyl groups excluding tert-OH is 2. The van der Waals surface area contributed by atoms with E-state index in [1.54, 1.807) is 13.0 Å². The molecule has 0 aliphatic rings. The van der Waals surface area contributed by atoms with E-state index in [0.717, 1.165) is 32.1 Å². The third-order valence-electron chi connectivity index (χ3n) is 3.11. The van der Waals surface area contributed by atoms with Crippen molar-refractivity contribution in [2.24, 2.45) is 0 Å². The number of carbonyl (C=O) groups is 1. The summed E-state index contributed by atoms with van der Waals surface area (Å²) in [6.07, 6.45) is 9.27. The van der Waals surface area contributed by atoms with Gasteiger partial charge in [0.25, 0.3) is 0 Å². The van der Waals surface area contributed by atoms with Gasteiger partial charge < -0.3 is 14.9 Å². The first-order chi connectivity index (χ1) is 9.11. The lowest BCUT2D eigenvalue weighted by Crippen LogP contribution is -2.08. The van der Waals surface area contributed by atoms with Crippen molar-refractivity contribution in [1.82, 2.24) is 0 Å². The molecule has 112 valence electrons. The summed E-state index contributed by atoms with van der Waals surface area (Å²) < 4.78 is 4.57. The Balaban J connectivity index is 3.53. The minimum Gasteiger partial charge on any atom is -0.466 e. The molecule has 0 saturated carbocycles. The van der Waals surface area contributed by atoms with Crippen molar-refractivity contribution < 1.29 is 19.7 Å². The van der Waals surface area contributed by atoms with Gasteiger partial charge in [-0.15, -0.1) is 0 Å². The average Bonchev–Trinajstić information content (AvgIpc) is 2.40. The van der Waals surface area contributed by atoms with Crippen molar-refractivity contribution in [3.05, 3.63) is 11.6 Å². The van der Waals surface area contributed by atoms with E-state index in [0.29, 0.717) is 12.0 Å². The van der Waals surface area contributed by atoms with Crippen molar-refractivity contribution >= 4 is 5.97 Å². The highest BCUT2D eigenvalue weighted by Gasteiger charge is 2.06. The van der Waals surface area contributed by atoms with Crippen LogP contribution in [-0.4, -0.2) is 36.0 Å². The van der Waals surface area contributed by atoms with E-state index >= 15 is 0 Å². The maximum atomic E-state index is 11.1. The fraction of sp³-hybridized carbons (Fsp3) is 0.800. The lowest BCUT2D eigenvalue weighted by Gasteiger charge is -2.07. The Kier molecular flexibility index (Phi) is 11.6. The quantitative estimate of drug-likeness (QED) is 0.345. The maximum absolute atomic E-state index is 11.1. The highest BCUT2D eigenvalue weighted by Crippen LogP contribution is 2.11. The van der Waals surface area contributed by atoms with E-state index in [9.17, 15) is 9.90 Å². The molecule has 4 heteroatoms. The molecule has 4 nitrogen and oxygen atoms in total. The monoisotopic (exact) mass is 272 g/mol. The van der Waals surface area contributed by atoms with Crippen molar-refractivity contribution in [1.29, 1.82) is 0 Å². The molecule has 0 heterocycles. The summed E-state index contributed by atoms with van der Waals surface area (Å²) in [7, 11) is 1.34. The molecule has 0 bridgehead atoms. The van der Waals surface area contributed by atoms with Crippen LogP contribution in [0.5, 0.6) is 0 Å². The number of hydrogen-bond donors (Lipinski definition) is 2. The number of unbranched alkanes of at least 4 members (excludes halogenated alkanes) is 6. The van der Waals surface area contributed by atoms with Gasteiger partial charge in [-0.05, 0) is 25.8 Å². The van der Waals surface area contributed by atoms with Crippen LogP contribution in [-0.2, 0) is 9.53 Å². The molecule has 19 heavy (non-hydrogen) atoms. The largest absolute Gasteiger partial charge is 0.466 e. The number of rotatable bonds is 11. The first-order valence-electron chi connectivity index (χ1n) is 7.17. The molecule has 0 aromatic carbocycles. The molecule has 2 N–H and O–H groups in total. The summed E-state index contributed by atoms with van der Waals surface area (Å²) >= 11 is 0. The zero-order valence-corrected chi connectivity index (χ0v) is 12.2. The van der Waals surface area contributed by atoms with E-state index in [2.05, 4.69) is 4.74 Å². The second-order valence-corrected chi connectivity index (χ2v) is 4.90. The van der Waals surface area contributed by atoms with Crippen LogP contribution in [0, 0.1) is 0 Å². The zero-order valence-electron chi connectivity index (χ0n) is 12.2. The smallest absolute Gasteiger partial charge is 0.333 e. The lowest BCUT2D eigenvalue weighted by molar-refractivity contribution is -0.136. The van der Waals surface area contributed by atoms with E-state index in [1.165, 1.54) is 20.0 Å². The Hall–Kier alpha value is -0.870. The van der Waals surface area contributed by atoms with Crippen LogP contribution in [0.1, 0.15) is 58.3 Å². The van der Waals surface area contributed by atoms with Gasteiger partial charge in [0.15, 0.2) is 0 Å². The third kappa shape index (κ3) is 10.7. The summed E-state index contributed by atoms with van der Waals surface area (Å²) in [5, 5.41) is 18.4. The molecule has 1 unspecified atom stereocenters. The third-order valence-corrected chi connectivity index (χ3v) is 3.11. The number of ether oxygens (including phenoxy) is 1. The summed E-state index contributed by atoms with van der Waals surface area (Å²) in [4.78, 5) is 11.1. The van der Waals surface area contributed by atoms with Crippen LogP contribution in [0.2, 0.25) is 0 Å². The van der Waals surface area contributed by atoms with E-state index < -0.39 is 6.10 Å². The van der Waals surface area contributed by atoms with Crippen molar-refractivity contribution in [2.45, 2.75) is 64.4 Å². The van der Waals surface area contributed by atoms with Crippen molar-refractivity contribution in [2.75, 3.05) is 13.7 Å². The van der Waals surface area contributed by atoms with Crippen LogP contribution in [0.4, 0.5) is 0 Å². The van der Waals surface area contributed by atoms with Gasteiger partial charge in [0.2, 0.25) is 0 Å². The summed E-state index contributed by atoms with van der Waals surface area (Å²) in [6.45, 7) is 1.94. The SMILES string of the molecule is COC(=O)C(C)=CC(O)CCCCCCCCCO. The number of hydrogen-bond acceptors (Lipinski definition) is 4. The second-order valence-electron chi connectivity index (χ2n) is 4.90. The molecular formula is C15H28O4. The Bertz CT molecular complexity index is 261. The Morgan fingerprint density at radius 3 is 2.16 bits per heavy atom. The zero-order chi connectivity index (χ0) is 14.5. The normalized spacial score (nSPS) is 13.4.